The van der Waals surface area contributed by atoms with Crippen LogP contribution in [0, 0.1) is 10.1 Å². The Labute approximate surface area is 151 Å². The Hall–Kier alpha value is -3.25. The monoisotopic (exact) mass is 365 g/mol. The van der Waals surface area contributed by atoms with Crippen LogP contribution in [0.2, 0.25) is 0 Å². The number of hydrogen-bond acceptors (Lipinski definition) is 4. The molecule has 0 saturated carbocycles. The molecule has 26 heavy (non-hydrogen) atoms. The summed E-state index contributed by atoms with van der Waals surface area (Å²) in [6, 6.07) is 22.2. The summed E-state index contributed by atoms with van der Waals surface area (Å²) in [7, 11) is -3.67. The lowest BCUT2D eigenvalue weighted by molar-refractivity contribution is -0.384. The maximum atomic E-state index is 12.3. The van der Waals surface area contributed by atoms with E-state index >= 15 is 0 Å². The third kappa shape index (κ3) is 4.04. The van der Waals surface area contributed by atoms with E-state index in [2.05, 4.69) is 0 Å². The van der Waals surface area contributed by atoms with Crippen LogP contribution in [-0.4, -0.2) is 13.3 Å². The van der Waals surface area contributed by atoms with Crippen LogP contribution in [0.3, 0.4) is 0 Å². The van der Waals surface area contributed by atoms with E-state index in [4.69, 9.17) is 0 Å². The average molecular weight is 365 g/mol. The summed E-state index contributed by atoms with van der Waals surface area (Å²) < 4.78 is 24.6. The summed E-state index contributed by atoms with van der Waals surface area (Å²) in [5.41, 5.74) is 2.72. The quantitative estimate of drug-likeness (QED) is 0.485. The molecule has 0 fully saturated rings. The van der Waals surface area contributed by atoms with Gasteiger partial charge in [0.05, 0.1) is 9.82 Å². The molecule has 0 atom stereocenters. The molecular formula is C20H15NO4S. The molecule has 0 spiro atoms. The maximum absolute atomic E-state index is 12.3. The molecule has 0 aliphatic carbocycles. The smallest absolute Gasteiger partial charge is 0.258 e. The molecule has 3 aromatic rings. The van der Waals surface area contributed by atoms with E-state index in [-0.39, 0.29) is 10.6 Å². The molecular weight excluding hydrogens is 350 g/mol. The number of sulfone groups is 1. The predicted octanol–water partition coefficient (Wildman–Crippen LogP) is 4.71. The SMILES string of the molecule is O=[N+]([O-])c1ccc(S(=O)(=O)/C=C/c2ccc(-c3ccccc3)cc2)cc1. The van der Waals surface area contributed by atoms with E-state index in [1.807, 2.05) is 54.6 Å². The Morgan fingerprint density at radius 3 is 1.92 bits per heavy atom. The van der Waals surface area contributed by atoms with Gasteiger partial charge in [-0.2, -0.15) is 0 Å². The summed E-state index contributed by atoms with van der Waals surface area (Å²) >= 11 is 0. The van der Waals surface area contributed by atoms with Crippen LogP contribution in [-0.2, 0) is 9.84 Å². The second-order valence-corrected chi connectivity index (χ2v) is 7.42. The normalized spacial score (nSPS) is 11.5. The predicted molar refractivity (Wildman–Crippen MR) is 101 cm³/mol. The van der Waals surface area contributed by atoms with E-state index in [0.717, 1.165) is 22.1 Å². The van der Waals surface area contributed by atoms with Crippen molar-refractivity contribution >= 4 is 21.6 Å². The van der Waals surface area contributed by atoms with Crippen molar-refractivity contribution in [2.45, 2.75) is 4.90 Å². The van der Waals surface area contributed by atoms with E-state index in [1.54, 1.807) is 0 Å². The van der Waals surface area contributed by atoms with Crippen molar-refractivity contribution in [3.05, 3.63) is 99.9 Å². The van der Waals surface area contributed by atoms with Gasteiger partial charge in [-0.15, -0.1) is 0 Å². The molecule has 0 radical (unpaired) electrons. The van der Waals surface area contributed by atoms with Crippen molar-refractivity contribution < 1.29 is 13.3 Å². The number of non-ortho nitro benzene ring substituents is 1. The van der Waals surface area contributed by atoms with Gasteiger partial charge >= 0.3 is 0 Å². The number of nitro groups is 1. The van der Waals surface area contributed by atoms with Crippen molar-refractivity contribution in [3.8, 4) is 11.1 Å². The minimum Gasteiger partial charge on any atom is -0.258 e. The Morgan fingerprint density at radius 1 is 0.769 bits per heavy atom. The highest BCUT2D eigenvalue weighted by Gasteiger charge is 2.12. The molecule has 0 aliphatic heterocycles. The highest BCUT2D eigenvalue weighted by molar-refractivity contribution is 7.94. The Kier molecular flexibility index (Phi) is 4.95. The second kappa shape index (κ2) is 7.33. The van der Waals surface area contributed by atoms with Crippen molar-refractivity contribution in [1.29, 1.82) is 0 Å². The molecule has 0 aromatic heterocycles. The van der Waals surface area contributed by atoms with Gasteiger partial charge in [0.2, 0.25) is 0 Å². The first-order valence-corrected chi connectivity index (χ1v) is 9.33. The summed E-state index contributed by atoms with van der Waals surface area (Å²) in [6.45, 7) is 0. The van der Waals surface area contributed by atoms with Gasteiger partial charge in [-0.25, -0.2) is 8.42 Å². The van der Waals surface area contributed by atoms with Crippen LogP contribution in [0.5, 0.6) is 0 Å². The van der Waals surface area contributed by atoms with Gasteiger partial charge in [-0.1, -0.05) is 54.6 Å². The first-order valence-electron chi connectivity index (χ1n) is 7.79. The minimum absolute atomic E-state index is 0.0141. The van der Waals surface area contributed by atoms with Gasteiger partial charge in [-0.3, -0.25) is 10.1 Å². The third-order valence-electron chi connectivity index (χ3n) is 3.83. The zero-order valence-corrected chi connectivity index (χ0v) is 14.5. The highest BCUT2D eigenvalue weighted by atomic mass is 32.2. The molecule has 6 heteroatoms. The Morgan fingerprint density at radius 2 is 1.35 bits per heavy atom. The molecule has 0 unspecified atom stereocenters. The zero-order valence-electron chi connectivity index (χ0n) is 13.6. The van der Waals surface area contributed by atoms with Gasteiger partial charge in [0, 0.05) is 17.5 Å². The van der Waals surface area contributed by atoms with Crippen molar-refractivity contribution in [2.75, 3.05) is 0 Å². The molecule has 3 aromatic carbocycles. The lowest BCUT2D eigenvalue weighted by Crippen LogP contribution is -1.96. The topological polar surface area (TPSA) is 77.3 Å². The van der Waals surface area contributed by atoms with Crippen molar-refractivity contribution in [3.63, 3.8) is 0 Å². The van der Waals surface area contributed by atoms with Crippen LogP contribution in [0.15, 0.2) is 89.2 Å². The van der Waals surface area contributed by atoms with Crippen molar-refractivity contribution in [2.24, 2.45) is 0 Å². The van der Waals surface area contributed by atoms with Crippen molar-refractivity contribution in [1.82, 2.24) is 0 Å². The lowest BCUT2D eigenvalue weighted by Gasteiger charge is -2.02. The summed E-state index contributed by atoms with van der Waals surface area (Å²) in [5, 5.41) is 11.7. The van der Waals surface area contributed by atoms with Crippen LogP contribution in [0.1, 0.15) is 5.56 Å². The number of nitrogens with zero attached hydrogens (tertiary/aromatic N) is 1. The zero-order chi connectivity index (χ0) is 18.6. The standard InChI is InChI=1S/C20H15NO4S/c22-21(23)19-10-12-20(13-11-19)26(24,25)15-14-16-6-8-18(9-7-16)17-4-2-1-3-5-17/h1-15H/b15-14+. The summed E-state index contributed by atoms with van der Waals surface area (Å²) in [4.78, 5) is 10.1. The highest BCUT2D eigenvalue weighted by Crippen LogP contribution is 2.21. The number of nitro benzene ring substituents is 1. The van der Waals surface area contributed by atoms with Gasteiger partial charge in [0.1, 0.15) is 0 Å². The molecule has 0 heterocycles. The van der Waals surface area contributed by atoms with E-state index in [9.17, 15) is 18.5 Å². The van der Waals surface area contributed by atoms with Gasteiger partial charge in [0.25, 0.3) is 5.69 Å². The lowest BCUT2D eigenvalue weighted by atomic mass is 10.0. The summed E-state index contributed by atoms with van der Waals surface area (Å²) in [6.07, 6.45) is 1.51. The minimum atomic E-state index is -3.67. The first kappa shape index (κ1) is 17.6. The van der Waals surface area contributed by atoms with Crippen LogP contribution in [0.4, 0.5) is 5.69 Å². The van der Waals surface area contributed by atoms with Crippen LogP contribution < -0.4 is 0 Å². The van der Waals surface area contributed by atoms with Gasteiger partial charge < -0.3 is 0 Å². The molecule has 0 saturated heterocycles. The molecule has 0 N–H and O–H groups in total. The fraction of sp³-hybridized carbons (Fsp3) is 0. The maximum Gasteiger partial charge on any atom is 0.269 e. The molecule has 3 rings (SSSR count). The van der Waals surface area contributed by atoms with E-state index < -0.39 is 14.8 Å². The largest absolute Gasteiger partial charge is 0.269 e. The van der Waals surface area contributed by atoms with Crippen LogP contribution in [0.25, 0.3) is 17.2 Å². The Bertz CT molecular complexity index is 1040. The number of rotatable bonds is 5. The summed E-state index contributed by atoms with van der Waals surface area (Å²) in [5.74, 6) is 0. The van der Waals surface area contributed by atoms with E-state index in [0.29, 0.717) is 0 Å². The van der Waals surface area contributed by atoms with E-state index in [1.165, 1.54) is 30.3 Å². The Balaban J connectivity index is 1.79. The van der Waals surface area contributed by atoms with Gasteiger partial charge in [0.15, 0.2) is 9.84 Å². The average Bonchev–Trinajstić information content (AvgIpc) is 2.67. The first-order chi connectivity index (χ1) is 12.5. The molecule has 0 bridgehead atoms. The van der Waals surface area contributed by atoms with Gasteiger partial charge in [-0.05, 0) is 34.9 Å². The second-order valence-electron chi connectivity index (χ2n) is 5.59. The van der Waals surface area contributed by atoms with Crippen LogP contribution >= 0.6 is 0 Å². The molecule has 130 valence electrons. The molecule has 0 aliphatic rings. The number of benzene rings is 3. The molecule has 5 nitrogen and oxygen atoms in total. The fourth-order valence-electron chi connectivity index (χ4n) is 2.42. The third-order valence-corrected chi connectivity index (χ3v) is 5.26. The fourth-order valence-corrected chi connectivity index (χ4v) is 3.43. The molecule has 0 amide bonds. The number of hydrogen-bond donors (Lipinski definition) is 0.